The van der Waals surface area contributed by atoms with Crippen molar-refractivity contribution >= 4 is 5.97 Å². The lowest BCUT2D eigenvalue weighted by Gasteiger charge is -2.04. The van der Waals surface area contributed by atoms with Gasteiger partial charge in [0.1, 0.15) is 6.04 Å². The molecule has 0 bridgehead atoms. The number of carbonyl (C=O) groups is 1. The second-order valence-electron chi connectivity index (χ2n) is 2.50. The highest BCUT2D eigenvalue weighted by Crippen LogP contribution is 1.97. The lowest BCUT2D eigenvalue weighted by Crippen LogP contribution is -2.32. The summed E-state index contributed by atoms with van der Waals surface area (Å²) in [5.41, 5.74) is 6.02. The summed E-state index contributed by atoms with van der Waals surface area (Å²) in [7, 11) is 1.69. The van der Waals surface area contributed by atoms with Gasteiger partial charge in [-0.05, 0) is 0 Å². The Morgan fingerprint density at radius 2 is 2.58 bits per heavy atom. The number of aliphatic carboxylic acids is 1. The van der Waals surface area contributed by atoms with Gasteiger partial charge in [0.2, 0.25) is 0 Å². The van der Waals surface area contributed by atoms with E-state index in [1.165, 1.54) is 10.9 Å². The van der Waals surface area contributed by atoms with E-state index in [4.69, 9.17) is 10.8 Å². The van der Waals surface area contributed by atoms with Crippen LogP contribution in [-0.4, -0.2) is 32.1 Å². The molecule has 0 saturated heterocycles. The molecule has 0 aliphatic heterocycles. The highest BCUT2D eigenvalue weighted by Gasteiger charge is 2.14. The Morgan fingerprint density at radius 1 is 1.92 bits per heavy atom. The van der Waals surface area contributed by atoms with Gasteiger partial charge in [0.05, 0.1) is 11.9 Å². The third-order valence-electron chi connectivity index (χ3n) is 1.55. The van der Waals surface area contributed by atoms with Crippen LogP contribution in [0.4, 0.5) is 0 Å². The zero-order chi connectivity index (χ0) is 9.14. The van der Waals surface area contributed by atoms with Crippen molar-refractivity contribution < 1.29 is 9.90 Å². The minimum absolute atomic E-state index is 0.249. The highest BCUT2D eigenvalue weighted by molar-refractivity contribution is 5.73. The largest absolute Gasteiger partial charge is 0.480 e. The standard InChI is InChI=1S/C6H10N4O2/c1-10-4(3-8-9-10)2-5(7)6(11)12/h3,5H,2,7H2,1H3,(H,11,12). The van der Waals surface area contributed by atoms with Crippen molar-refractivity contribution in [3.8, 4) is 0 Å². The Balaban J connectivity index is 2.64. The second kappa shape index (κ2) is 3.31. The van der Waals surface area contributed by atoms with E-state index in [-0.39, 0.29) is 6.42 Å². The molecule has 0 fully saturated rings. The van der Waals surface area contributed by atoms with Gasteiger partial charge in [-0.2, -0.15) is 0 Å². The normalized spacial score (nSPS) is 12.8. The minimum Gasteiger partial charge on any atom is -0.480 e. The van der Waals surface area contributed by atoms with Gasteiger partial charge in [0, 0.05) is 13.5 Å². The van der Waals surface area contributed by atoms with E-state index < -0.39 is 12.0 Å². The fourth-order valence-corrected chi connectivity index (χ4v) is 0.808. The Labute approximate surface area is 69.0 Å². The summed E-state index contributed by atoms with van der Waals surface area (Å²) in [5.74, 6) is -1.02. The van der Waals surface area contributed by atoms with Crippen molar-refractivity contribution in [2.45, 2.75) is 12.5 Å². The number of hydrogen-bond donors (Lipinski definition) is 2. The van der Waals surface area contributed by atoms with E-state index in [2.05, 4.69) is 10.3 Å². The van der Waals surface area contributed by atoms with Crippen LogP contribution in [0.5, 0.6) is 0 Å². The van der Waals surface area contributed by atoms with Gasteiger partial charge in [-0.3, -0.25) is 9.48 Å². The number of rotatable bonds is 3. The summed E-state index contributed by atoms with van der Waals surface area (Å²) in [6.07, 6.45) is 1.75. The molecule has 0 spiro atoms. The van der Waals surface area contributed by atoms with Crippen molar-refractivity contribution in [1.82, 2.24) is 15.0 Å². The van der Waals surface area contributed by atoms with E-state index >= 15 is 0 Å². The lowest BCUT2D eigenvalue weighted by molar-refractivity contribution is -0.138. The summed E-state index contributed by atoms with van der Waals surface area (Å²) >= 11 is 0. The van der Waals surface area contributed by atoms with Gasteiger partial charge in [-0.15, -0.1) is 5.10 Å². The number of carboxylic acid groups (broad SMARTS) is 1. The van der Waals surface area contributed by atoms with Gasteiger partial charge in [-0.1, -0.05) is 5.21 Å². The van der Waals surface area contributed by atoms with E-state index in [9.17, 15) is 4.79 Å². The van der Waals surface area contributed by atoms with Gasteiger partial charge in [-0.25, -0.2) is 0 Å². The molecule has 1 heterocycles. The van der Waals surface area contributed by atoms with Gasteiger partial charge in [0.25, 0.3) is 0 Å². The second-order valence-corrected chi connectivity index (χ2v) is 2.50. The molecule has 0 saturated carbocycles. The Kier molecular flexibility index (Phi) is 2.39. The number of nitrogens with zero attached hydrogens (tertiary/aromatic N) is 3. The molecule has 0 amide bonds. The van der Waals surface area contributed by atoms with Crippen LogP contribution in [0.1, 0.15) is 5.69 Å². The van der Waals surface area contributed by atoms with Crippen LogP contribution in [0, 0.1) is 0 Å². The first kappa shape index (κ1) is 8.66. The summed E-state index contributed by atoms with van der Waals surface area (Å²) in [5, 5.41) is 15.7. The number of aryl methyl sites for hydroxylation is 1. The van der Waals surface area contributed by atoms with Gasteiger partial charge in [0.15, 0.2) is 0 Å². The van der Waals surface area contributed by atoms with Crippen LogP contribution in [0.3, 0.4) is 0 Å². The number of carboxylic acids is 1. The monoisotopic (exact) mass is 170 g/mol. The Bertz CT molecular complexity index is 283. The number of nitrogens with two attached hydrogens (primary N) is 1. The number of aromatic nitrogens is 3. The molecule has 1 atom stereocenters. The van der Waals surface area contributed by atoms with E-state index in [0.29, 0.717) is 5.69 Å². The molecule has 0 aliphatic carbocycles. The predicted octanol–water partition coefficient (Wildman–Crippen LogP) is -1.23. The Hall–Kier alpha value is -1.43. The Morgan fingerprint density at radius 3 is 3.00 bits per heavy atom. The smallest absolute Gasteiger partial charge is 0.320 e. The maximum atomic E-state index is 10.4. The van der Waals surface area contributed by atoms with Crippen molar-refractivity contribution in [3.05, 3.63) is 11.9 Å². The number of hydrogen-bond acceptors (Lipinski definition) is 4. The van der Waals surface area contributed by atoms with Gasteiger partial charge >= 0.3 is 5.97 Å². The lowest BCUT2D eigenvalue weighted by atomic mass is 10.2. The van der Waals surface area contributed by atoms with Crippen molar-refractivity contribution in [3.63, 3.8) is 0 Å². The highest BCUT2D eigenvalue weighted by atomic mass is 16.4. The average molecular weight is 170 g/mol. The van der Waals surface area contributed by atoms with E-state index in [1.54, 1.807) is 7.05 Å². The molecule has 1 aromatic rings. The summed E-state index contributed by atoms with van der Waals surface area (Å²) < 4.78 is 1.50. The zero-order valence-corrected chi connectivity index (χ0v) is 6.64. The quantitative estimate of drug-likeness (QED) is 0.592. The van der Waals surface area contributed by atoms with Crippen LogP contribution < -0.4 is 5.73 Å². The van der Waals surface area contributed by atoms with Crippen LogP contribution in [0.15, 0.2) is 6.20 Å². The average Bonchev–Trinajstić information content (AvgIpc) is 2.36. The molecule has 1 rings (SSSR count). The molecule has 3 N–H and O–H groups in total. The fraction of sp³-hybridized carbons (Fsp3) is 0.500. The molecule has 6 heteroatoms. The van der Waals surface area contributed by atoms with Crippen molar-refractivity contribution in [2.24, 2.45) is 12.8 Å². The SMILES string of the molecule is Cn1nncc1CC(N)C(=O)O. The van der Waals surface area contributed by atoms with Crippen LogP contribution in [0.2, 0.25) is 0 Å². The maximum Gasteiger partial charge on any atom is 0.320 e. The molecule has 0 aromatic carbocycles. The fourth-order valence-electron chi connectivity index (χ4n) is 0.808. The first-order valence-corrected chi connectivity index (χ1v) is 3.43. The van der Waals surface area contributed by atoms with Gasteiger partial charge < -0.3 is 10.8 Å². The third kappa shape index (κ3) is 1.79. The molecule has 12 heavy (non-hydrogen) atoms. The van der Waals surface area contributed by atoms with Crippen LogP contribution in [-0.2, 0) is 18.3 Å². The first-order chi connectivity index (χ1) is 5.61. The summed E-state index contributed by atoms with van der Waals surface area (Å²) in [4.78, 5) is 10.4. The summed E-state index contributed by atoms with van der Waals surface area (Å²) in [6, 6.07) is -0.887. The molecule has 66 valence electrons. The molecule has 1 unspecified atom stereocenters. The molecule has 0 aliphatic rings. The predicted molar refractivity (Wildman–Crippen MR) is 40.3 cm³/mol. The topological polar surface area (TPSA) is 94.0 Å². The van der Waals surface area contributed by atoms with E-state index in [0.717, 1.165) is 0 Å². The maximum absolute atomic E-state index is 10.4. The third-order valence-corrected chi connectivity index (χ3v) is 1.55. The molecule has 1 aromatic heterocycles. The summed E-state index contributed by atoms with van der Waals surface area (Å²) in [6.45, 7) is 0. The molecular formula is C6H10N4O2. The first-order valence-electron chi connectivity index (χ1n) is 3.43. The van der Waals surface area contributed by atoms with Crippen LogP contribution >= 0.6 is 0 Å². The molecule has 0 radical (unpaired) electrons. The minimum atomic E-state index is -1.02. The van der Waals surface area contributed by atoms with Crippen molar-refractivity contribution in [1.29, 1.82) is 0 Å². The van der Waals surface area contributed by atoms with E-state index in [1.807, 2.05) is 0 Å². The molecule has 6 nitrogen and oxygen atoms in total. The molecular weight excluding hydrogens is 160 g/mol. The zero-order valence-electron chi connectivity index (χ0n) is 6.64. The van der Waals surface area contributed by atoms with Crippen molar-refractivity contribution in [2.75, 3.05) is 0 Å². The van der Waals surface area contributed by atoms with Crippen LogP contribution in [0.25, 0.3) is 0 Å².